The maximum absolute atomic E-state index is 11.3. The number of hydrogen-bond acceptors (Lipinski definition) is 2. The van der Waals surface area contributed by atoms with Crippen molar-refractivity contribution < 1.29 is 8.42 Å². The molecule has 0 atom stereocenters. The third-order valence-corrected chi connectivity index (χ3v) is 5.00. The molecule has 0 bridgehead atoms. The molecule has 0 amide bonds. The summed E-state index contributed by atoms with van der Waals surface area (Å²) in [5.74, 6) is 0.389. The molecule has 3 heteroatoms. The van der Waals surface area contributed by atoms with Crippen LogP contribution in [0.15, 0.2) is 0 Å². The second kappa shape index (κ2) is 2.22. The molecule has 1 saturated heterocycles. The first-order valence-corrected chi connectivity index (χ1v) is 5.33. The molecule has 0 aromatic carbocycles. The summed E-state index contributed by atoms with van der Waals surface area (Å²) >= 11 is 0. The van der Waals surface area contributed by atoms with E-state index in [0.717, 1.165) is 19.3 Å². The van der Waals surface area contributed by atoms with Crippen molar-refractivity contribution in [2.75, 3.05) is 5.75 Å². The van der Waals surface area contributed by atoms with Gasteiger partial charge in [-0.25, -0.2) is 8.42 Å². The number of hydrogen-bond donors (Lipinski definition) is 0. The first-order valence-electron chi connectivity index (χ1n) is 3.68. The third-order valence-electron chi connectivity index (χ3n) is 2.28. The van der Waals surface area contributed by atoms with E-state index in [0.29, 0.717) is 5.75 Å². The van der Waals surface area contributed by atoms with E-state index in [1.165, 1.54) is 0 Å². The molecule has 1 fully saturated rings. The lowest BCUT2D eigenvalue weighted by Crippen LogP contribution is -2.37. The van der Waals surface area contributed by atoms with Crippen LogP contribution in [-0.4, -0.2) is 18.9 Å². The highest BCUT2D eigenvalue weighted by Gasteiger charge is 2.36. The number of sulfone groups is 1. The van der Waals surface area contributed by atoms with Crippen LogP contribution in [0.4, 0.5) is 0 Å². The van der Waals surface area contributed by atoms with E-state index in [1.807, 2.05) is 13.8 Å². The topological polar surface area (TPSA) is 34.1 Å². The van der Waals surface area contributed by atoms with Gasteiger partial charge in [0, 0.05) is 0 Å². The zero-order chi connectivity index (χ0) is 7.83. The average Bonchev–Trinajstić information content (AvgIpc) is 1.77. The Morgan fingerprint density at radius 2 is 1.80 bits per heavy atom. The average molecular weight is 162 g/mol. The summed E-state index contributed by atoms with van der Waals surface area (Å²) in [7, 11) is -2.76. The summed E-state index contributed by atoms with van der Waals surface area (Å²) in [4.78, 5) is 0. The van der Waals surface area contributed by atoms with Gasteiger partial charge in [-0.3, -0.25) is 0 Å². The molecule has 1 aliphatic rings. The van der Waals surface area contributed by atoms with Crippen molar-refractivity contribution in [3.8, 4) is 0 Å². The Bertz CT molecular complexity index is 214. The quantitative estimate of drug-likeness (QED) is 0.539. The molecule has 0 radical (unpaired) electrons. The van der Waals surface area contributed by atoms with Crippen molar-refractivity contribution in [1.82, 2.24) is 0 Å². The van der Waals surface area contributed by atoms with E-state index in [2.05, 4.69) is 0 Å². The maximum atomic E-state index is 11.3. The molecule has 0 unspecified atom stereocenters. The van der Waals surface area contributed by atoms with Crippen molar-refractivity contribution >= 4 is 9.84 Å². The fraction of sp³-hybridized carbons (Fsp3) is 1.00. The van der Waals surface area contributed by atoms with Crippen molar-refractivity contribution in [2.45, 2.75) is 37.9 Å². The van der Waals surface area contributed by atoms with Crippen LogP contribution in [0.3, 0.4) is 0 Å². The molecule has 1 aliphatic heterocycles. The van der Waals surface area contributed by atoms with Crippen LogP contribution in [0.1, 0.15) is 33.1 Å². The summed E-state index contributed by atoms with van der Waals surface area (Å²) in [6.45, 7) is 3.64. The minimum Gasteiger partial charge on any atom is -0.228 e. The van der Waals surface area contributed by atoms with Gasteiger partial charge in [0.2, 0.25) is 0 Å². The van der Waals surface area contributed by atoms with Gasteiger partial charge in [-0.05, 0) is 26.7 Å². The Hall–Kier alpha value is -0.0500. The van der Waals surface area contributed by atoms with E-state index in [1.54, 1.807) is 0 Å². The van der Waals surface area contributed by atoms with Crippen LogP contribution in [-0.2, 0) is 9.84 Å². The Kier molecular flexibility index (Phi) is 1.79. The van der Waals surface area contributed by atoms with Crippen LogP contribution in [0.2, 0.25) is 0 Å². The van der Waals surface area contributed by atoms with Crippen molar-refractivity contribution in [3.63, 3.8) is 0 Å². The molecule has 1 rings (SSSR count). The van der Waals surface area contributed by atoms with Crippen LogP contribution in [0, 0.1) is 0 Å². The Morgan fingerprint density at radius 1 is 1.20 bits per heavy atom. The standard InChI is InChI=1S/C7H14O2S/c1-7(2)5-3-4-6-10(7,8)9/h3-6H2,1-2H3. The molecule has 0 aliphatic carbocycles. The summed E-state index contributed by atoms with van der Waals surface area (Å²) in [6, 6.07) is 0. The van der Waals surface area contributed by atoms with Gasteiger partial charge in [0.15, 0.2) is 9.84 Å². The van der Waals surface area contributed by atoms with E-state index in [4.69, 9.17) is 0 Å². The van der Waals surface area contributed by atoms with Crippen LogP contribution < -0.4 is 0 Å². The largest absolute Gasteiger partial charge is 0.228 e. The highest BCUT2D eigenvalue weighted by atomic mass is 32.2. The minimum absolute atomic E-state index is 0.389. The maximum Gasteiger partial charge on any atom is 0.155 e. The first-order chi connectivity index (χ1) is 4.46. The normalized spacial score (nSPS) is 29.8. The van der Waals surface area contributed by atoms with Crippen LogP contribution in [0.5, 0.6) is 0 Å². The van der Waals surface area contributed by atoms with E-state index in [9.17, 15) is 8.42 Å². The first kappa shape index (κ1) is 8.05. The van der Waals surface area contributed by atoms with Crippen LogP contribution in [0.25, 0.3) is 0 Å². The SMILES string of the molecule is CC1(C)CCCCS1(=O)=O. The lowest BCUT2D eigenvalue weighted by molar-refractivity contribution is 0.487. The van der Waals surface area contributed by atoms with Gasteiger partial charge in [-0.1, -0.05) is 6.42 Å². The smallest absolute Gasteiger partial charge is 0.155 e. The van der Waals surface area contributed by atoms with Gasteiger partial charge in [0.25, 0.3) is 0 Å². The van der Waals surface area contributed by atoms with Gasteiger partial charge in [-0.2, -0.15) is 0 Å². The molecular formula is C7H14O2S. The zero-order valence-corrected chi connectivity index (χ0v) is 7.37. The van der Waals surface area contributed by atoms with Crippen molar-refractivity contribution in [2.24, 2.45) is 0 Å². The fourth-order valence-electron chi connectivity index (χ4n) is 1.27. The molecule has 0 N–H and O–H groups in total. The number of rotatable bonds is 0. The molecule has 0 aromatic rings. The molecular weight excluding hydrogens is 148 g/mol. The molecule has 0 saturated carbocycles. The Balaban J connectivity index is 2.92. The third kappa shape index (κ3) is 1.19. The predicted molar refractivity (Wildman–Crippen MR) is 41.7 cm³/mol. The molecule has 0 aromatic heterocycles. The van der Waals surface area contributed by atoms with Gasteiger partial charge in [0.05, 0.1) is 10.5 Å². The lowest BCUT2D eigenvalue weighted by Gasteiger charge is -2.28. The van der Waals surface area contributed by atoms with E-state index in [-0.39, 0.29) is 0 Å². The highest BCUT2D eigenvalue weighted by molar-refractivity contribution is 7.92. The highest BCUT2D eigenvalue weighted by Crippen LogP contribution is 2.29. The Morgan fingerprint density at radius 3 is 2.10 bits per heavy atom. The van der Waals surface area contributed by atoms with Gasteiger partial charge in [0.1, 0.15) is 0 Å². The van der Waals surface area contributed by atoms with E-state index >= 15 is 0 Å². The fourth-order valence-corrected chi connectivity index (χ4v) is 2.87. The summed E-state index contributed by atoms with van der Waals surface area (Å²) in [5.41, 5.74) is 0. The van der Waals surface area contributed by atoms with Crippen molar-refractivity contribution in [3.05, 3.63) is 0 Å². The second-order valence-electron chi connectivity index (χ2n) is 3.54. The lowest BCUT2D eigenvalue weighted by atomic mass is 10.1. The summed E-state index contributed by atoms with van der Waals surface area (Å²) in [6.07, 6.45) is 2.74. The van der Waals surface area contributed by atoms with Gasteiger partial charge < -0.3 is 0 Å². The van der Waals surface area contributed by atoms with Gasteiger partial charge >= 0.3 is 0 Å². The predicted octanol–water partition coefficient (Wildman–Crippen LogP) is 1.36. The van der Waals surface area contributed by atoms with E-state index < -0.39 is 14.6 Å². The second-order valence-corrected chi connectivity index (χ2v) is 6.28. The molecule has 1 heterocycles. The monoisotopic (exact) mass is 162 g/mol. The summed E-state index contributed by atoms with van der Waals surface area (Å²) < 4.78 is 22.2. The molecule has 2 nitrogen and oxygen atoms in total. The van der Waals surface area contributed by atoms with Gasteiger partial charge in [-0.15, -0.1) is 0 Å². The van der Waals surface area contributed by atoms with Crippen LogP contribution >= 0.6 is 0 Å². The van der Waals surface area contributed by atoms with Crippen molar-refractivity contribution in [1.29, 1.82) is 0 Å². The summed E-state index contributed by atoms with van der Waals surface area (Å²) in [5, 5.41) is 0. The molecule has 60 valence electrons. The molecule has 0 spiro atoms. The zero-order valence-electron chi connectivity index (χ0n) is 6.55. The minimum atomic E-state index is -2.76. The Labute approximate surface area is 62.5 Å². The molecule has 10 heavy (non-hydrogen) atoms.